The van der Waals surface area contributed by atoms with E-state index >= 15 is 0 Å². The molecule has 0 amide bonds. The van der Waals surface area contributed by atoms with Crippen LogP contribution in [0.5, 0.6) is 0 Å². The summed E-state index contributed by atoms with van der Waals surface area (Å²) in [6.07, 6.45) is 1.57. The van der Waals surface area contributed by atoms with Gasteiger partial charge in [0.15, 0.2) is 0 Å². The summed E-state index contributed by atoms with van der Waals surface area (Å²) in [6.45, 7) is 2.62. The van der Waals surface area contributed by atoms with E-state index in [0.29, 0.717) is 44.1 Å². The molecule has 154 valence electrons. The Bertz CT molecular complexity index is 1030. The normalized spacial score (nSPS) is 14.1. The third kappa shape index (κ3) is 5.49. The van der Waals surface area contributed by atoms with Crippen LogP contribution in [0.3, 0.4) is 0 Å². The van der Waals surface area contributed by atoms with Gasteiger partial charge in [0.05, 0.1) is 19.4 Å². The number of hydrogen-bond acceptors (Lipinski definition) is 8. The molecule has 0 aliphatic carbocycles. The number of nitrogens with one attached hydrogen (secondary N) is 2. The van der Waals surface area contributed by atoms with Gasteiger partial charge in [-0.25, -0.2) is 9.82 Å². The van der Waals surface area contributed by atoms with Crippen molar-refractivity contribution < 1.29 is 9.13 Å². The van der Waals surface area contributed by atoms with Crippen molar-refractivity contribution in [3.63, 3.8) is 0 Å². The highest BCUT2D eigenvalue weighted by Crippen LogP contribution is 2.21. The molecule has 0 spiro atoms. The molecule has 3 aromatic rings. The van der Waals surface area contributed by atoms with Crippen molar-refractivity contribution in [1.29, 1.82) is 0 Å². The molecule has 1 aliphatic heterocycles. The van der Waals surface area contributed by atoms with Gasteiger partial charge in [0, 0.05) is 23.2 Å². The molecule has 0 bridgehead atoms. The first-order valence-electron chi connectivity index (χ1n) is 9.32. The molecule has 0 unspecified atom stereocenters. The lowest BCUT2D eigenvalue weighted by molar-refractivity contribution is 0.122. The predicted octanol–water partition coefficient (Wildman–Crippen LogP) is 3.80. The van der Waals surface area contributed by atoms with E-state index in [-0.39, 0.29) is 5.82 Å². The minimum atomic E-state index is -0.295. The molecule has 30 heavy (non-hydrogen) atoms. The number of morpholine rings is 1. The first kappa shape index (κ1) is 20.2. The van der Waals surface area contributed by atoms with Crippen molar-refractivity contribution in [2.45, 2.75) is 0 Å². The fourth-order valence-electron chi connectivity index (χ4n) is 2.78. The second kappa shape index (κ2) is 9.59. The van der Waals surface area contributed by atoms with Crippen LogP contribution >= 0.6 is 15.9 Å². The van der Waals surface area contributed by atoms with Crippen molar-refractivity contribution in [3.05, 3.63) is 64.4 Å². The van der Waals surface area contributed by atoms with Crippen LogP contribution < -0.4 is 15.6 Å². The average molecular weight is 472 g/mol. The van der Waals surface area contributed by atoms with E-state index in [0.717, 1.165) is 15.7 Å². The second-order valence-corrected chi connectivity index (χ2v) is 7.35. The van der Waals surface area contributed by atoms with Crippen LogP contribution in [0.1, 0.15) is 5.56 Å². The monoisotopic (exact) mass is 471 g/mol. The van der Waals surface area contributed by atoms with Crippen LogP contribution in [-0.2, 0) is 4.74 Å². The van der Waals surface area contributed by atoms with Crippen molar-refractivity contribution in [1.82, 2.24) is 15.0 Å². The predicted molar refractivity (Wildman–Crippen MR) is 118 cm³/mol. The maximum Gasteiger partial charge on any atom is 0.250 e. The Labute approximate surface area is 181 Å². The largest absolute Gasteiger partial charge is 0.378 e. The molecule has 8 nitrogen and oxygen atoms in total. The molecular weight excluding hydrogens is 453 g/mol. The van der Waals surface area contributed by atoms with Crippen LogP contribution in [0.25, 0.3) is 0 Å². The van der Waals surface area contributed by atoms with E-state index in [1.165, 1.54) is 12.1 Å². The number of nitrogens with zero attached hydrogens (tertiary/aromatic N) is 5. The lowest BCUT2D eigenvalue weighted by Gasteiger charge is -2.27. The van der Waals surface area contributed by atoms with Gasteiger partial charge in [-0.15, -0.1) is 0 Å². The number of benzene rings is 2. The quantitative estimate of drug-likeness (QED) is 0.417. The van der Waals surface area contributed by atoms with Crippen molar-refractivity contribution in [2.24, 2.45) is 5.10 Å². The second-order valence-electron chi connectivity index (χ2n) is 6.44. The highest BCUT2D eigenvalue weighted by Gasteiger charge is 2.16. The van der Waals surface area contributed by atoms with Crippen LogP contribution in [0.15, 0.2) is 58.1 Å². The molecule has 0 radical (unpaired) electrons. The van der Waals surface area contributed by atoms with Gasteiger partial charge in [0.2, 0.25) is 17.8 Å². The Balaban J connectivity index is 1.56. The number of anilines is 4. The molecule has 4 rings (SSSR count). The molecule has 0 saturated carbocycles. The number of aromatic nitrogens is 3. The zero-order valence-electron chi connectivity index (χ0n) is 15.9. The summed E-state index contributed by atoms with van der Waals surface area (Å²) in [7, 11) is 0. The van der Waals surface area contributed by atoms with E-state index < -0.39 is 0 Å². The summed E-state index contributed by atoms with van der Waals surface area (Å²) < 4.78 is 19.4. The van der Waals surface area contributed by atoms with Gasteiger partial charge >= 0.3 is 0 Å². The van der Waals surface area contributed by atoms with Gasteiger partial charge in [-0.05, 0) is 35.9 Å². The van der Waals surface area contributed by atoms with E-state index in [4.69, 9.17) is 4.74 Å². The number of rotatable bonds is 6. The van der Waals surface area contributed by atoms with E-state index in [9.17, 15) is 4.39 Å². The zero-order valence-corrected chi connectivity index (χ0v) is 17.5. The molecule has 1 saturated heterocycles. The maximum atomic E-state index is 13.0. The Kier molecular flexibility index (Phi) is 6.45. The van der Waals surface area contributed by atoms with Gasteiger partial charge in [-0.3, -0.25) is 0 Å². The summed E-state index contributed by atoms with van der Waals surface area (Å²) in [5, 5.41) is 7.36. The average Bonchev–Trinajstić information content (AvgIpc) is 2.76. The van der Waals surface area contributed by atoms with E-state index in [2.05, 4.69) is 46.7 Å². The standard InChI is InChI=1S/C20H19BrFN7O/c21-15-2-1-3-17(12-15)24-18-25-19(27-20(26-18)29-8-10-30-11-9-29)28-23-13-14-4-6-16(22)7-5-14/h1-7,12-13H,8-11H2,(H2,24,25,26,27,28). The van der Waals surface area contributed by atoms with Crippen molar-refractivity contribution in [3.8, 4) is 0 Å². The molecular formula is C20H19BrFN7O. The van der Waals surface area contributed by atoms with Gasteiger partial charge in [0.1, 0.15) is 5.82 Å². The lowest BCUT2D eigenvalue weighted by atomic mass is 10.2. The molecule has 2 aromatic carbocycles. The first-order valence-corrected chi connectivity index (χ1v) is 10.1. The Morgan fingerprint density at radius 3 is 2.57 bits per heavy atom. The van der Waals surface area contributed by atoms with Gasteiger partial charge < -0.3 is 15.0 Å². The summed E-state index contributed by atoms with van der Waals surface area (Å²) in [6, 6.07) is 13.7. The highest BCUT2D eigenvalue weighted by molar-refractivity contribution is 9.10. The Morgan fingerprint density at radius 2 is 1.80 bits per heavy atom. The highest BCUT2D eigenvalue weighted by atomic mass is 79.9. The molecule has 1 fully saturated rings. The van der Waals surface area contributed by atoms with Gasteiger partial charge in [0.25, 0.3) is 0 Å². The van der Waals surface area contributed by atoms with Crippen LogP contribution in [0.2, 0.25) is 0 Å². The smallest absolute Gasteiger partial charge is 0.250 e. The van der Waals surface area contributed by atoms with E-state index in [1.807, 2.05) is 29.2 Å². The summed E-state index contributed by atoms with van der Waals surface area (Å²) in [5.74, 6) is 0.924. The zero-order chi connectivity index (χ0) is 20.8. The molecule has 2 heterocycles. The summed E-state index contributed by atoms with van der Waals surface area (Å²) >= 11 is 3.46. The Hall–Kier alpha value is -3.11. The third-order valence-corrected chi connectivity index (χ3v) is 4.74. The Morgan fingerprint density at radius 1 is 1.03 bits per heavy atom. The molecule has 0 atom stereocenters. The van der Waals surface area contributed by atoms with Crippen LogP contribution in [0, 0.1) is 5.82 Å². The SMILES string of the molecule is Fc1ccc(C=NNc2nc(Nc3cccc(Br)c3)nc(N3CCOCC3)n2)cc1. The molecule has 1 aromatic heterocycles. The fourth-order valence-corrected chi connectivity index (χ4v) is 3.18. The fraction of sp³-hybridized carbons (Fsp3) is 0.200. The lowest BCUT2D eigenvalue weighted by Crippen LogP contribution is -2.37. The third-order valence-electron chi connectivity index (χ3n) is 4.25. The van der Waals surface area contributed by atoms with Crippen molar-refractivity contribution in [2.75, 3.05) is 41.9 Å². The van der Waals surface area contributed by atoms with Gasteiger partial charge in [-0.1, -0.05) is 34.1 Å². The van der Waals surface area contributed by atoms with Crippen molar-refractivity contribution >= 4 is 45.7 Å². The molecule has 10 heteroatoms. The summed E-state index contributed by atoms with van der Waals surface area (Å²) in [5.41, 5.74) is 4.42. The number of ether oxygens (including phenoxy) is 1. The molecule has 2 N–H and O–H groups in total. The number of hydrazone groups is 1. The van der Waals surface area contributed by atoms with Crippen LogP contribution in [-0.4, -0.2) is 47.5 Å². The van der Waals surface area contributed by atoms with Crippen LogP contribution in [0.4, 0.5) is 27.9 Å². The first-order chi connectivity index (χ1) is 14.7. The minimum absolute atomic E-state index is 0.294. The molecule has 1 aliphatic rings. The number of halogens is 2. The maximum absolute atomic E-state index is 13.0. The van der Waals surface area contributed by atoms with E-state index in [1.54, 1.807) is 18.3 Å². The topological polar surface area (TPSA) is 87.6 Å². The minimum Gasteiger partial charge on any atom is -0.378 e. The summed E-state index contributed by atoms with van der Waals surface area (Å²) in [4.78, 5) is 15.5. The number of hydrogen-bond donors (Lipinski definition) is 2. The van der Waals surface area contributed by atoms with Gasteiger partial charge in [-0.2, -0.15) is 20.1 Å².